The minimum absolute atomic E-state index is 0. The third-order valence-electron chi connectivity index (χ3n) is 4.42. The van der Waals surface area contributed by atoms with E-state index in [1.807, 2.05) is 19.0 Å². The molecule has 3 aromatic rings. The smallest absolute Gasteiger partial charge is 0.240 e. The molecule has 1 aromatic heterocycles. The van der Waals surface area contributed by atoms with Crippen LogP contribution in [0.2, 0.25) is 0 Å². The van der Waals surface area contributed by atoms with E-state index in [-0.39, 0.29) is 17.3 Å². The van der Waals surface area contributed by atoms with Gasteiger partial charge in [-0.1, -0.05) is 0 Å². The van der Waals surface area contributed by atoms with Crippen LogP contribution in [0.25, 0.3) is 10.9 Å². The number of rotatable bonds is 7. The van der Waals surface area contributed by atoms with Gasteiger partial charge in [0.25, 0.3) is 0 Å². The van der Waals surface area contributed by atoms with Crippen LogP contribution in [0.4, 0.5) is 17.2 Å². The van der Waals surface area contributed by atoms with Gasteiger partial charge in [0.1, 0.15) is 12.1 Å². The number of methoxy groups -OCH3 is 2. The number of aromatic nitrogens is 2. The second-order valence-corrected chi connectivity index (χ2v) is 8.24. The summed E-state index contributed by atoms with van der Waals surface area (Å²) < 4.78 is 37.5. The molecule has 2 N–H and O–H groups in total. The molecular weight excluding hydrogens is 430 g/mol. The van der Waals surface area contributed by atoms with Gasteiger partial charge in [-0.25, -0.2) is 23.1 Å². The summed E-state index contributed by atoms with van der Waals surface area (Å²) in [7, 11) is 4.64. The lowest BCUT2D eigenvalue weighted by Gasteiger charge is -2.20. The van der Waals surface area contributed by atoms with Crippen LogP contribution in [0.3, 0.4) is 0 Å². The van der Waals surface area contributed by atoms with E-state index in [1.165, 1.54) is 13.4 Å². The van der Waals surface area contributed by atoms with Crippen LogP contribution in [-0.4, -0.2) is 53.7 Å². The van der Waals surface area contributed by atoms with Crippen molar-refractivity contribution in [3.05, 3.63) is 36.7 Å². The summed E-state index contributed by atoms with van der Waals surface area (Å²) in [6, 6.07) is 8.39. The Kier molecular flexibility index (Phi) is 7.30. The SMILES string of the molecule is CNS(=O)(=O)c1ccc(N(C)C)c(Nc2ncnc3cc(OC)c(OC)cc23)c1.Cl. The first kappa shape index (κ1) is 23.5. The first-order chi connectivity index (χ1) is 13.8. The molecule has 0 aliphatic heterocycles. The Bertz CT molecular complexity index is 1160. The second-order valence-electron chi connectivity index (χ2n) is 6.35. The maximum Gasteiger partial charge on any atom is 0.240 e. The number of halogens is 1. The summed E-state index contributed by atoms with van der Waals surface area (Å²) in [5.74, 6) is 1.61. The molecule has 0 aliphatic carbocycles. The minimum atomic E-state index is -3.60. The van der Waals surface area contributed by atoms with Crippen LogP contribution in [0, 0.1) is 0 Å². The summed E-state index contributed by atoms with van der Waals surface area (Å²) in [5.41, 5.74) is 2.04. The van der Waals surface area contributed by atoms with Gasteiger partial charge in [-0.15, -0.1) is 12.4 Å². The maximum absolute atomic E-state index is 12.2. The zero-order valence-corrected chi connectivity index (χ0v) is 18.9. The highest BCUT2D eigenvalue weighted by Crippen LogP contribution is 2.36. The molecule has 9 nitrogen and oxygen atoms in total. The monoisotopic (exact) mass is 453 g/mol. The summed E-state index contributed by atoms with van der Waals surface area (Å²) in [6.45, 7) is 0. The van der Waals surface area contributed by atoms with Gasteiger partial charge in [0.05, 0.1) is 36.0 Å². The fourth-order valence-corrected chi connectivity index (χ4v) is 3.66. The normalized spacial score (nSPS) is 11.0. The van der Waals surface area contributed by atoms with Crippen molar-refractivity contribution in [1.29, 1.82) is 0 Å². The van der Waals surface area contributed by atoms with Crippen molar-refractivity contribution < 1.29 is 17.9 Å². The summed E-state index contributed by atoms with van der Waals surface area (Å²) in [4.78, 5) is 10.7. The number of nitrogens with zero attached hydrogens (tertiary/aromatic N) is 3. The molecule has 11 heteroatoms. The van der Waals surface area contributed by atoms with Gasteiger partial charge in [0.2, 0.25) is 10.0 Å². The van der Waals surface area contributed by atoms with E-state index in [4.69, 9.17) is 9.47 Å². The molecular formula is C19H24ClN5O4S. The van der Waals surface area contributed by atoms with Gasteiger partial charge in [0, 0.05) is 25.5 Å². The van der Waals surface area contributed by atoms with Gasteiger partial charge < -0.3 is 19.7 Å². The summed E-state index contributed by atoms with van der Waals surface area (Å²) >= 11 is 0. The number of ether oxygens (including phenoxy) is 2. The Hall–Kier alpha value is -2.82. The molecule has 0 saturated carbocycles. The van der Waals surface area contributed by atoms with E-state index < -0.39 is 10.0 Å². The molecule has 0 atom stereocenters. The van der Waals surface area contributed by atoms with Crippen LogP contribution < -0.4 is 24.4 Å². The van der Waals surface area contributed by atoms with Crippen molar-refractivity contribution in [2.75, 3.05) is 45.6 Å². The van der Waals surface area contributed by atoms with Crippen LogP contribution in [0.1, 0.15) is 0 Å². The minimum Gasteiger partial charge on any atom is -0.493 e. The highest BCUT2D eigenvalue weighted by atomic mass is 35.5. The Morgan fingerprint density at radius 3 is 2.27 bits per heavy atom. The summed E-state index contributed by atoms with van der Waals surface area (Å²) in [6.07, 6.45) is 1.43. The zero-order chi connectivity index (χ0) is 21.2. The van der Waals surface area contributed by atoms with Crippen LogP contribution in [0.15, 0.2) is 41.6 Å². The standard InChI is InChI=1S/C19H23N5O4S.ClH/c1-20-29(25,26)12-6-7-16(24(2)3)15(8-12)23-19-13-9-17(27-4)18(28-5)10-14(13)21-11-22-19;/h6-11,20H,1-5H3,(H,21,22,23);1H. The molecule has 0 spiro atoms. The Labute approximate surface area is 181 Å². The van der Waals surface area contributed by atoms with E-state index in [1.54, 1.807) is 44.6 Å². The predicted molar refractivity (Wildman–Crippen MR) is 120 cm³/mol. The van der Waals surface area contributed by atoms with Crippen molar-refractivity contribution >= 4 is 50.5 Å². The highest BCUT2D eigenvalue weighted by Gasteiger charge is 2.17. The molecule has 3 rings (SSSR count). The molecule has 0 saturated heterocycles. The molecule has 30 heavy (non-hydrogen) atoms. The fourth-order valence-electron chi connectivity index (χ4n) is 2.90. The molecule has 0 amide bonds. The van der Waals surface area contributed by atoms with E-state index in [2.05, 4.69) is 20.0 Å². The van der Waals surface area contributed by atoms with Gasteiger partial charge >= 0.3 is 0 Å². The van der Waals surface area contributed by atoms with Crippen molar-refractivity contribution in [1.82, 2.24) is 14.7 Å². The van der Waals surface area contributed by atoms with Crippen LogP contribution in [-0.2, 0) is 10.0 Å². The van der Waals surface area contributed by atoms with Gasteiger partial charge in [0.15, 0.2) is 11.5 Å². The van der Waals surface area contributed by atoms with Crippen LogP contribution in [0.5, 0.6) is 11.5 Å². The average molecular weight is 454 g/mol. The molecule has 0 fully saturated rings. The van der Waals surface area contributed by atoms with Gasteiger partial charge in [-0.2, -0.15) is 0 Å². The van der Waals surface area contributed by atoms with Crippen molar-refractivity contribution in [3.63, 3.8) is 0 Å². The van der Waals surface area contributed by atoms with Crippen LogP contribution >= 0.6 is 12.4 Å². The first-order valence-corrected chi connectivity index (χ1v) is 10.2. The largest absolute Gasteiger partial charge is 0.493 e. The van der Waals surface area contributed by atoms with Crippen molar-refractivity contribution in [2.24, 2.45) is 0 Å². The van der Waals surface area contributed by atoms with E-state index in [0.29, 0.717) is 33.9 Å². The lowest BCUT2D eigenvalue weighted by molar-refractivity contribution is 0.356. The summed E-state index contributed by atoms with van der Waals surface area (Å²) in [5, 5.41) is 3.95. The van der Waals surface area contributed by atoms with E-state index in [0.717, 1.165) is 5.69 Å². The van der Waals surface area contributed by atoms with Gasteiger partial charge in [-0.05, 0) is 31.3 Å². The number of anilines is 3. The Morgan fingerprint density at radius 1 is 1.00 bits per heavy atom. The van der Waals surface area contributed by atoms with Crippen molar-refractivity contribution in [3.8, 4) is 11.5 Å². The molecule has 0 radical (unpaired) electrons. The van der Waals surface area contributed by atoms with E-state index in [9.17, 15) is 8.42 Å². The molecule has 0 aliphatic rings. The lowest BCUT2D eigenvalue weighted by atomic mass is 10.2. The number of benzene rings is 2. The molecule has 0 bridgehead atoms. The Morgan fingerprint density at radius 2 is 1.67 bits per heavy atom. The molecule has 1 heterocycles. The maximum atomic E-state index is 12.2. The van der Waals surface area contributed by atoms with Gasteiger partial charge in [-0.3, -0.25) is 0 Å². The molecule has 0 unspecified atom stereocenters. The predicted octanol–water partition coefficient (Wildman–Crippen LogP) is 2.79. The highest BCUT2D eigenvalue weighted by molar-refractivity contribution is 7.89. The topological polar surface area (TPSA) is 106 Å². The molecule has 162 valence electrons. The average Bonchev–Trinajstić information content (AvgIpc) is 2.72. The van der Waals surface area contributed by atoms with E-state index >= 15 is 0 Å². The van der Waals surface area contributed by atoms with Crippen molar-refractivity contribution in [2.45, 2.75) is 4.90 Å². The fraction of sp³-hybridized carbons (Fsp3) is 0.263. The number of hydrogen-bond donors (Lipinski definition) is 2. The first-order valence-electron chi connectivity index (χ1n) is 8.69. The second kappa shape index (κ2) is 9.33. The third kappa shape index (κ3) is 4.50. The third-order valence-corrected chi connectivity index (χ3v) is 5.83. The number of sulfonamides is 1. The molecule has 2 aromatic carbocycles. The lowest BCUT2D eigenvalue weighted by Crippen LogP contribution is -2.19. The quantitative estimate of drug-likeness (QED) is 0.562. The number of nitrogens with one attached hydrogen (secondary N) is 2. The number of hydrogen-bond acceptors (Lipinski definition) is 8. The number of fused-ring (bicyclic) bond motifs is 1. The Balaban J connectivity index is 0.00000320. The zero-order valence-electron chi connectivity index (χ0n) is 17.3.